The Bertz CT molecular complexity index is 1810. The number of amides is 1. The number of ether oxygens (including phenoxy) is 2. The number of benzene rings is 4. The molecule has 4 aromatic carbocycles. The Morgan fingerprint density at radius 3 is 2.48 bits per heavy atom. The SMILES string of the molecule is N#CCc1cc(C(=O)NCC(CCN2CCN(C(c3ccc4c(c3)OCO4)C(O)CO)CC2)c2ccc(Cl)c(Cl)c2)c2ccccc2c1. The predicted octanol–water partition coefficient (Wildman–Crippen LogP) is 5.56. The van der Waals surface area contributed by atoms with Crippen molar-refractivity contribution in [1.82, 2.24) is 15.1 Å². The quantitative estimate of drug-likeness (QED) is 0.177. The minimum Gasteiger partial charge on any atom is -0.454 e. The molecule has 1 saturated heterocycles. The summed E-state index contributed by atoms with van der Waals surface area (Å²) in [6.07, 6.45) is 0.0382. The van der Waals surface area contributed by atoms with Gasteiger partial charge in [0.15, 0.2) is 11.5 Å². The van der Waals surface area contributed by atoms with Gasteiger partial charge in [-0.25, -0.2) is 0 Å². The summed E-state index contributed by atoms with van der Waals surface area (Å²) in [7, 11) is 0. The van der Waals surface area contributed by atoms with Crippen LogP contribution in [-0.2, 0) is 6.42 Å². The Hall–Kier alpha value is -3.88. The predicted molar refractivity (Wildman–Crippen MR) is 186 cm³/mol. The van der Waals surface area contributed by atoms with Gasteiger partial charge in [0.25, 0.3) is 5.91 Å². The lowest BCUT2D eigenvalue weighted by atomic mass is 9.94. The van der Waals surface area contributed by atoms with E-state index < -0.39 is 6.10 Å². The zero-order valence-corrected chi connectivity index (χ0v) is 28.0. The van der Waals surface area contributed by atoms with E-state index in [1.165, 1.54) is 0 Å². The number of nitrogens with zero attached hydrogens (tertiary/aromatic N) is 3. The molecule has 3 N–H and O–H groups in total. The van der Waals surface area contributed by atoms with Crippen molar-refractivity contribution in [3.8, 4) is 17.6 Å². The molecule has 250 valence electrons. The lowest BCUT2D eigenvalue weighted by Crippen LogP contribution is -2.50. The van der Waals surface area contributed by atoms with Gasteiger partial charge in [-0.2, -0.15) is 5.26 Å². The van der Waals surface area contributed by atoms with Crippen molar-refractivity contribution in [3.05, 3.63) is 105 Å². The van der Waals surface area contributed by atoms with Crippen molar-refractivity contribution in [3.63, 3.8) is 0 Å². The van der Waals surface area contributed by atoms with Crippen LogP contribution in [0.3, 0.4) is 0 Å². The normalized spacial score (nSPS) is 16.7. The number of aliphatic hydroxyl groups is 2. The summed E-state index contributed by atoms with van der Waals surface area (Å²) < 4.78 is 11.0. The molecule has 0 spiro atoms. The standard InChI is InChI=1S/C37H38Cl2N4O5/c38-31-7-5-25(19-32(31)39)28(21-41-37(46)30-18-24(9-11-40)17-26-3-1-2-4-29(26)30)10-12-42-13-15-43(16-14-42)36(33(45)22-44)27-6-8-34-35(20-27)48-23-47-34/h1-8,17-20,28,33,36,44-45H,9-10,12-16,21-23H2,(H,41,46). The summed E-state index contributed by atoms with van der Waals surface area (Å²) in [5.74, 6) is 1.09. The Morgan fingerprint density at radius 1 is 0.938 bits per heavy atom. The lowest BCUT2D eigenvalue weighted by molar-refractivity contribution is -0.00982. The maximum Gasteiger partial charge on any atom is 0.251 e. The van der Waals surface area contributed by atoms with Crippen molar-refractivity contribution in [2.45, 2.75) is 30.9 Å². The Morgan fingerprint density at radius 2 is 1.71 bits per heavy atom. The molecule has 3 atom stereocenters. The third-order valence-electron chi connectivity index (χ3n) is 9.26. The number of nitriles is 1. The van der Waals surface area contributed by atoms with Crippen LogP contribution in [0.1, 0.15) is 45.4 Å². The fraction of sp³-hybridized carbons (Fsp3) is 0.351. The Kier molecular flexibility index (Phi) is 11.0. The van der Waals surface area contributed by atoms with E-state index >= 15 is 0 Å². The van der Waals surface area contributed by atoms with Crippen molar-refractivity contribution >= 4 is 39.9 Å². The molecule has 3 unspecified atom stereocenters. The highest BCUT2D eigenvalue weighted by molar-refractivity contribution is 6.42. The maximum absolute atomic E-state index is 13.6. The second-order valence-electron chi connectivity index (χ2n) is 12.3. The van der Waals surface area contributed by atoms with E-state index in [4.69, 9.17) is 32.7 Å². The molecule has 11 heteroatoms. The van der Waals surface area contributed by atoms with Gasteiger partial charge in [-0.1, -0.05) is 65.7 Å². The molecule has 0 bridgehead atoms. The van der Waals surface area contributed by atoms with Crippen molar-refractivity contribution in [2.24, 2.45) is 0 Å². The number of halogens is 2. The van der Waals surface area contributed by atoms with E-state index in [2.05, 4.69) is 21.2 Å². The van der Waals surface area contributed by atoms with Crippen LogP contribution in [0.15, 0.2) is 72.8 Å². The molecule has 0 radical (unpaired) electrons. The van der Waals surface area contributed by atoms with E-state index in [1.54, 1.807) is 12.1 Å². The highest BCUT2D eigenvalue weighted by atomic mass is 35.5. The monoisotopic (exact) mass is 688 g/mol. The Labute approximate surface area is 290 Å². The molecule has 0 aliphatic carbocycles. The topological polar surface area (TPSA) is 118 Å². The first-order valence-electron chi connectivity index (χ1n) is 16.1. The largest absolute Gasteiger partial charge is 0.454 e. The zero-order chi connectivity index (χ0) is 33.6. The number of aliphatic hydroxyl groups excluding tert-OH is 2. The van der Waals surface area contributed by atoms with E-state index in [0.29, 0.717) is 46.7 Å². The molecule has 1 amide bonds. The second-order valence-corrected chi connectivity index (χ2v) is 13.1. The van der Waals surface area contributed by atoms with E-state index in [1.807, 2.05) is 60.7 Å². The summed E-state index contributed by atoms with van der Waals surface area (Å²) in [5, 5.41) is 35.8. The summed E-state index contributed by atoms with van der Waals surface area (Å²) in [4.78, 5) is 18.2. The minimum atomic E-state index is -0.947. The maximum atomic E-state index is 13.6. The highest BCUT2D eigenvalue weighted by Crippen LogP contribution is 2.37. The fourth-order valence-corrected chi connectivity index (χ4v) is 7.00. The number of rotatable bonds is 12. The molecule has 2 aliphatic heterocycles. The van der Waals surface area contributed by atoms with Crippen LogP contribution in [-0.4, -0.2) is 84.7 Å². The molecule has 2 heterocycles. The van der Waals surface area contributed by atoms with Gasteiger partial charge in [-0.15, -0.1) is 0 Å². The number of carbonyl (C=O) groups is 1. The average molecular weight is 690 g/mol. The Balaban J connectivity index is 1.13. The van der Waals surface area contributed by atoms with Crippen LogP contribution in [0, 0.1) is 11.3 Å². The van der Waals surface area contributed by atoms with Crippen LogP contribution in [0.2, 0.25) is 10.0 Å². The smallest absolute Gasteiger partial charge is 0.251 e. The second kappa shape index (κ2) is 15.6. The van der Waals surface area contributed by atoms with E-state index in [-0.39, 0.29) is 37.7 Å². The molecule has 6 rings (SSSR count). The first-order valence-corrected chi connectivity index (χ1v) is 16.9. The van der Waals surface area contributed by atoms with Gasteiger partial charge in [0.05, 0.1) is 41.3 Å². The van der Waals surface area contributed by atoms with E-state index in [0.717, 1.165) is 53.5 Å². The summed E-state index contributed by atoms with van der Waals surface area (Å²) in [6.45, 7) is 3.95. The number of hydrogen-bond acceptors (Lipinski definition) is 8. The lowest BCUT2D eigenvalue weighted by Gasteiger charge is -2.41. The molecule has 4 aromatic rings. The number of nitrogens with one attached hydrogen (secondary N) is 1. The van der Waals surface area contributed by atoms with Gasteiger partial charge in [0.1, 0.15) is 0 Å². The number of hydrogen-bond donors (Lipinski definition) is 3. The van der Waals surface area contributed by atoms with Crippen LogP contribution in [0.25, 0.3) is 10.8 Å². The molecule has 9 nitrogen and oxygen atoms in total. The third-order valence-corrected chi connectivity index (χ3v) is 10.00. The van der Waals surface area contributed by atoms with Gasteiger partial charge >= 0.3 is 0 Å². The minimum absolute atomic E-state index is 0.0344. The van der Waals surface area contributed by atoms with Crippen molar-refractivity contribution in [2.75, 3.05) is 52.7 Å². The molecule has 2 aliphatic rings. The summed E-state index contributed by atoms with van der Waals surface area (Å²) >= 11 is 12.7. The molecular formula is C37H38Cl2N4O5. The number of carbonyl (C=O) groups excluding carboxylic acids is 1. The van der Waals surface area contributed by atoms with Gasteiger partial charge in [0, 0.05) is 44.2 Å². The highest BCUT2D eigenvalue weighted by Gasteiger charge is 2.32. The van der Waals surface area contributed by atoms with Crippen LogP contribution < -0.4 is 14.8 Å². The van der Waals surface area contributed by atoms with Gasteiger partial charge in [-0.05, 0) is 70.8 Å². The average Bonchev–Trinajstić information content (AvgIpc) is 3.58. The number of piperazine rings is 1. The molecule has 1 fully saturated rings. The molecular weight excluding hydrogens is 651 g/mol. The third kappa shape index (κ3) is 7.71. The van der Waals surface area contributed by atoms with Gasteiger partial charge in [-0.3, -0.25) is 9.69 Å². The van der Waals surface area contributed by atoms with Crippen LogP contribution in [0.4, 0.5) is 0 Å². The van der Waals surface area contributed by atoms with Gasteiger partial charge in [0.2, 0.25) is 6.79 Å². The molecule has 48 heavy (non-hydrogen) atoms. The van der Waals surface area contributed by atoms with E-state index in [9.17, 15) is 20.3 Å². The van der Waals surface area contributed by atoms with Crippen molar-refractivity contribution < 1.29 is 24.5 Å². The first kappa shape index (κ1) is 34.0. The fourth-order valence-electron chi connectivity index (χ4n) is 6.69. The van der Waals surface area contributed by atoms with Crippen LogP contribution >= 0.6 is 23.2 Å². The molecule has 0 saturated carbocycles. The zero-order valence-electron chi connectivity index (χ0n) is 26.4. The van der Waals surface area contributed by atoms with Crippen molar-refractivity contribution in [1.29, 1.82) is 5.26 Å². The summed E-state index contributed by atoms with van der Waals surface area (Å²) in [5.41, 5.74) is 3.20. The summed E-state index contributed by atoms with van der Waals surface area (Å²) in [6, 6.07) is 24.5. The molecule has 0 aromatic heterocycles. The van der Waals surface area contributed by atoms with Gasteiger partial charge < -0.3 is 29.9 Å². The number of fused-ring (bicyclic) bond motifs is 2. The first-order chi connectivity index (χ1) is 23.3. The van der Waals surface area contributed by atoms with Crippen LogP contribution in [0.5, 0.6) is 11.5 Å².